The number of halogens is 3. The van der Waals surface area contributed by atoms with Crippen molar-refractivity contribution in [3.05, 3.63) is 23.3 Å². The highest BCUT2D eigenvalue weighted by Gasteiger charge is 2.36. The molecule has 0 aromatic heterocycles. The number of alkyl halides is 3. The van der Waals surface area contributed by atoms with Gasteiger partial charge in [-0.15, -0.1) is 0 Å². The summed E-state index contributed by atoms with van der Waals surface area (Å²) in [4.78, 5) is 10.5. The van der Waals surface area contributed by atoms with Crippen molar-refractivity contribution in [2.45, 2.75) is 25.9 Å². The molecular weight excluding hydrogens is 249 g/mol. The Morgan fingerprint density at radius 2 is 2.06 bits per heavy atom. The van der Waals surface area contributed by atoms with Crippen molar-refractivity contribution in [1.29, 1.82) is 0 Å². The number of aromatic hydroxyl groups is 1. The highest BCUT2D eigenvalue weighted by molar-refractivity contribution is 5.77. The zero-order valence-electron chi connectivity index (χ0n) is 9.75. The van der Waals surface area contributed by atoms with Crippen LogP contribution in [0.3, 0.4) is 0 Å². The quantitative estimate of drug-likeness (QED) is 0.653. The van der Waals surface area contributed by atoms with Crippen LogP contribution < -0.4 is 4.74 Å². The predicted molar refractivity (Wildman–Crippen MR) is 58.9 cm³/mol. The van der Waals surface area contributed by atoms with Crippen molar-refractivity contribution in [2.75, 3.05) is 6.61 Å². The molecule has 1 rings (SSSR count). The van der Waals surface area contributed by atoms with E-state index in [0.29, 0.717) is 12.5 Å². The van der Waals surface area contributed by atoms with Crippen LogP contribution in [0.2, 0.25) is 0 Å². The van der Waals surface area contributed by atoms with E-state index in [9.17, 15) is 23.1 Å². The lowest BCUT2D eigenvalue weighted by molar-refractivity contribution is -0.139. The van der Waals surface area contributed by atoms with Crippen molar-refractivity contribution in [3.8, 4) is 11.5 Å². The van der Waals surface area contributed by atoms with Crippen LogP contribution in [-0.2, 0) is 6.18 Å². The molecule has 1 aromatic carbocycles. The first-order chi connectivity index (χ1) is 8.40. The van der Waals surface area contributed by atoms with E-state index in [0.717, 1.165) is 12.5 Å². The van der Waals surface area contributed by atoms with Gasteiger partial charge in [0, 0.05) is 5.56 Å². The highest BCUT2D eigenvalue weighted by Crippen LogP contribution is 2.41. The molecule has 0 saturated carbocycles. The van der Waals surface area contributed by atoms with Gasteiger partial charge in [-0.25, -0.2) is 0 Å². The summed E-state index contributed by atoms with van der Waals surface area (Å²) in [7, 11) is 0. The second kappa shape index (κ2) is 5.75. The molecule has 100 valence electrons. The highest BCUT2D eigenvalue weighted by atomic mass is 19.4. The minimum atomic E-state index is -4.68. The van der Waals surface area contributed by atoms with Crippen molar-refractivity contribution in [3.63, 3.8) is 0 Å². The first-order valence-electron chi connectivity index (χ1n) is 5.42. The summed E-state index contributed by atoms with van der Waals surface area (Å²) in [6.07, 6.45) is -3.11. The van der Waals surface area contributed by atoms with Gasteiger partial charge in [0.15, 0.2) is 11.5 Å². The van der Waals surface area contributed by atoms with Gasteiger partial charge >= 0.3 is 6.18 Å². The molecule has 0 aliphatic heterocycles. The maximum Gasteiger partial charge on any atom is 0.420 e. The number of unbranched alkanes of at least 4 members (excludes halogenated alkanes) is 1. The lowest BCUT2D eigenvalue weighted by Crippen LogP contribution is -2.10. The molecule has 3 nitrogen and oxygen atoms in total. The van der Waals surface area contributed by atoms with E-state index in [2.05, 4.69) is 0 Å². The van der Waals surface area contributed by atoms with Gasteiger partial charge in [0.25, 0.3) is 0 Å². The number of phenols is 1. The van der Waals surface area contributed by atoms with Crippen molar-refractivity contribution in [2.24, 2.45) is 0 Å². The van der Waals surface area contributed by atoms with Gasteiger partial charge in [0.2, 0.25) is 0 Å². The smallest absolute Gasteiger partial charge is 0.420 e. The number of carbonyl (C=O) groups excluding carboxylic acids is 1. The van der Waals surface area contributed by atoms with Crippen LogP contribution in [0.5, 0.6) is 11.5 Å². The number of ether oxygens (including phenoxy) is 1. The summed E-state index contributed by atoms with van der Waals surface area (Å²) < 4.78 is 43.2. The Morgan fingerprint density at radius 3 is 2.56 bits per heavy atom. The zero-order valence-corrected chi connectivity index (χ0v) is 9.75. The molecular formula is C12H13F3O3. The molecule has 0 atom stereocenters. The van der Waals surface area contributed by atoms with Crippen LogP contribution in [0.4, 0.5) is 13.2 Å². The number of rotatable bonds is 5. The van der Waals surface area contributed by atoms with Gasteiger partial charge in [0.05, 0.1) is 6.61 Å². The van der Waals surface area contributed by atoms with Gasteiger partial charge in [-0.05, 0) is 18.6 Å². The summed E-state index contributed by atoms with van der Waals surface area (Å²) in [5.41, 5.74) is -1.39. The molecule has 0 aliphatic rings. The SMILES string of the molecule is CCCCOc1c(O)cc(C=O)cc1C(F)(F)F. The molecule has 0 radical (unpaired) electrons. The van der Waals surface area contributed by atoms with E-state index >= 15 is 0 Å². The minimum Gasteiger partial charge on any atom is -0.504 e. The van der Waals surface area contributed by atoms with E-state index in [4.69, 9.17) is 4.74 Å². The Balaban J connectivity index is 3.16. The van der Waals surface area contributed by atoms with Gasteiger partial charge in [0.1, 0.15) is 11.8 Å². The molecule has 0 heterocycles. The van der Waals surface area contributed by atoms with Crippen LogP contribution in [0.25, 0.3) is 0 Å². The summed E-state index contributed by atoms with van der Waals surface area (Å²) in [5, 5.41) is 9.48. The van der Waals surface area contributed by atoms with Gasteiger partial charge in [-0.2, -0.15) is 13.2 Å². The first-order valence-corrected chi connectivity index (χ1v) is 5.42. The Labute approximate surface area is 102 Å². The van der Waals surface area contributed by atoms with E-state index in [1.54, 1.807) is 0 Å². The van der Waals surface area contributed by atoms with E-state index in [1.807, 2.05) is 6.92 Å². The topological polar surface area (TPSA) is 46.5 Å². The number of hydrogen-bond donors (Lipinski definition) is 1. The number of benzene rings is 1. The maximum atomic E-state index is 12.7. The minimum absolute atomic E-state index is 0.0770. The monoisotopic (exact) mass is 262 g/mol. The Kier molecular flexibility index (Phi) is 4.58. The standard InChI is InChI=1S/C12H13F3O3/c1-2-3-4-18-11-9(12(13,14)15)5-8(7-16)6-10(11)17/h5-7,17H,2-4H2,1H3. The summed E-state index contributed by atoms with van der Waals surface area (Å²) in [6, 6.07) is 1.61. The van der Waals surface area contributed by atoms with Crippen molar-refractivity contribution < 1.29 is 27.8 Å². The largest absolute Gasteiger partial charge is 0.504 e. The van der Waals surface area contributed by atoms with Gasteiger partial charge in [-0.1, -0.05) is 13.3 Å². The molecule has 6 heteroatoms. The molecule has 0 bridgehead atoms. The number of phenolic OH excluding ortho intramolecular Hbond substituents is 1. The zero-order chi connectivity index (χ0) is 13.8. The Morgan fingerprint density at radius 1 is 1.39 bits per heavy atom. The number of aldehydes is 1. The van der Waals surface area contributed by atoms with Crippen LogP contribution in [0, 0.1) is 0 Å². The second-order valence-corrected chi connectivity index (χ2v) is 3.73. The maximum absolute atomic E-state index is 12.7. The average molecular weight is 262 g/mol. The molecule has 0 saturated heterocycles. The molecule has 0 amide bonds. The third-order valence-corrected chi connectivity index (χ3v) is 2.28. The van der Waals surface area contributed by atoms with E-state index in [1.165, 1.54) is 0 Å². The molecule has 1 N–H and O–H groups in total. The van der Waals surface area contributed by atoms with Crippen molar-refractivity contribution in [1.82, 2.24) is 0 Å². The Hall–Kier alpha value is -1.72. The lowest BCUT2D eigenvalue weighted by atomic mass is 10.1. The normalized spacial score (nSPS) is 11.3. The van der Waals surface area contributed by atoms with Crippen molar-refractivity contribution >= 4 is 6.29 Å². The molecule has 0 unspecified atom stereocenters. The van der Waals surface area contributed by atoms with E-state index < -0.39 is 23.2 Å². The van der Waals surface area contributed by atoms with Crippen LogP contribution in [0.1, 0.15) is 35.7 Å². The fourth-order valence-corrected chi connectivity index (χ4v) is 1.38. The third kappa shape index (κ3) is 3.38. The number of carbonyl (C=O) groups is 1. The fraction of sp³-hybridized carbons (Fsp3) is 0.417. The lowest BCUT2D eigenvalue weighted by Gasteiger charge is -2.15. The predicted octanol–water partition coefficient (Wildman–Crippen LogP) is 3.40. The third-order valence-electron chi connectivity index (χ3n) is 2.28. The molecule has 0 fully saturated rings. The van der Waals surface area contributed by atoms with E-state index in [-0.39, 0.29) is 18.5 Å². The summed E-state index contributed by atoms with van der Waals surface area (Å²) in [6.45, 7) is 1.94. The molecule has 1 aromatic rings. The Bertz CT molecular complexity index is 427. The van der Waals surface area contributed by atoms with Gasteiger partial charge in [-0.3, -0.25) is 4.79 Å². The molecule has 18 heavy (non-hydrogen) atoms. The van der Waals surface area contributed by atoms with Crippen LogP contribution >= 0.6 is 0 Å². The summed E-state index contributed by atoms with van der Waals surface area (Å²) in [5.74, 6) is -1.30. The number of hydrogen-bond acceptors (Lipinski definition) is 3. The molecule has 0 aliphatic carbocycles. The average Bonchev–Trinajstić information content (AvgIpc) is 2.29. The molecule has 0 spiro atoms. The first kappa shape index (κ1) is 14.3. The fourth-order valence-electron chi connectivity index (χ4n) is 1.38. The van der Waals surface area contributed by atoms with Crippen LogP contribution in [0.15, 0.2) is 12.1 Å². The van der Waals surface area contributed by atoms with Gasteiger partial charge < -0.3 is 9.84 Å². The van der Waals surface area contributed by atoms with Crippen LogP contribution in [-0.4, -0.2) is 18.0 Å². The summed E-state index contributed by atoms with van der Waals surface area (Å²) >= 11 is 0. The second-order valence-electron chi connectivity index (χ2n) is 3.73.